The highest BCUT2D eigenvalue weighted by Gasteiger charge is 2.35. The minimum atomic E-state index is -0.381. The summed E-state index contributed by atoms with van der Waals surface area (Å²) in [6.07, 6.45) is 3.27. The Balaban J connectivity index is 1.70. The van der Waals surface area contributed by atoms with Crippen LogP contribution in [0.3, 0.4) is 0 Å². The molecule has 0 unspecified atom stereocenters. The normalized spacial score (nSPS) is 16.0. The molecule has 0 saturated heterocycles. The van der Waals surface area contributed by atoms with Gasteiger partial charge >= 0.3 is 0 Å². The predicted octanol–water partition coefficient (Wildman–Crippen LogP) is 1.93. The van der Waals surface area contributed by atoms with Gasteiger partial charge in [0.25, 0.3) is 5.91 Å². The molecular formula is C19H21N7O. The van der Waals surface area contributed by atoms with Crippen LogP contribution < -0.4 is 10.6 Å². The first-order valence-electron chi connectivity index (χ1n) is 8.74. The molecule has 0 aliphatic carbocycles. The van der Waals surface area contributed by atoms with E-state index in [0.717, 1.165) is 22.5 Å². The first-order chi connectivity index (χ1) is 13.1. The molecule has 1 aliphatic heterocycles. The Hall–Kier alpha value is -3.42. The highest BCUT2D eigenvalue weighted by molar-refractivity contribution is 5.96. The summed E-state index contributed by atoms with van der Waals surface area (Å²) in [7, 11) is 1.88. The highest BCUT2D eigenvalue weighted by Crippen LogP contribution is 2.35. The lowest BCUT2D eigenvalue weighted by Crippen LogP contribution is -2.35. The third-order valence-corrected chi connectivity index (χ3v) is 4.90. The fourth-order valence-electron chi connectivity index (χ4n) is 3.33. The number of aromatic nitrogens is 5. The lowest BCUT2D eigenvalue weighted by Gasteiger charge is -2.28. The van der Waals surface area contributed by atoms with E-state index in [9.17, 15) is 4.79 Å². The number of rotatable bonds is 4. The van der Waals surface area contributed by atoms with Gasteiger partial charge in [-0.25, -0.2) is 4.68 Å². The summed E-state index contributed by atoms with van der Waals surface area (Å²) in [5.41, 5.74) is 4.32. The van der Waals surface area contributed by atoms with Crippen molar-refractivity contribution < 1.29 is 4.79 Å². The summed E-state index contributed by atoms with van der Waals surface area (Å²) in [5, 5.41) is 14.9. The largest absolute Gasteiger partial charge is 0.348 e. The van der Waals surface area contributed by atoms with E-state index < -0.39 is 0 Å². The average molecular weight is 363 g/mol. The van der Waals surface area contributed by atoms with Gasteiger partial charge in [-0.3, -0.25) is 9.48 Å². The number of hydrogen-bond acceptors (Lipinski definition) is 5. The van der Waals surface area contributed by atoms with Crippen molar-refractivity contribution in [3.63, 3.8) is 0 Å². The lowest BCUT2D eigenvalue weighted by molar-refractivity contribution is -0.118. The molecule has 2 aromatic heterocycles. The van der Waals surface area contributed by atoms with Crippen LogP contribution in [0.15, 0.2) is 54.1 Å². The number of anilines is 1. The molecular weight excluding hydrogens is 342 g/mol. The number of benzene rings is 1. The molecule has 0 spiro atoms. The zero-order chi connectivity index (χ0) is 19.0. The number of carbonyl (C=O) groups is 1. The maximum absolute atomic E-state index is 13.1. The van der Waals surface area contributed by atoms with E-state index in [-0.39, 0.29) is 11.9 Å². The van der Waals surface area contributed by atoms with E-state index in [0.29, 0.717) is 18.1 Å². The molecule has 3 heterocycles. The smallest absolute Gasteiger partial charge is 0.251 e. The molecule has 27 heavy (non-hydrogen) atoms. The number of carbonyl (C=O) groups excluding carboxylic acids is 1. The second-order valence-corrected chi connectivity index (χ2v) is 6.57. The maximum atomic E-state index is 13.1. The molecule has 1 aromatic carbocycles. The van der Waals surface area contributed by atoms with Gasteiger partial charge in [-0.15, -0.1) is 0 Å². The number of nitrogens with one attached hydrogen (secondary N) is 2. The van der Waals surface area contributed by atoms with Gasteiger partial charge < -0.3 is 10.6 Å². The van der Waals surface area contributed by atoms with Gasteiger partial charge in [-0.2, -0.15) is 15.2 Å². The maximum Gasteiger partial charge on any atom is 0.251 e. The third kappa shape index (κ3) is 2.99. The van der Waals surface area contributed by atoms with Gasteiger partial charge in [-0.1, -0.05) is 30.3 Å². The van der Waals surface area contributed by atoms with Crippen molar-refractivity contribution in [3.8, 4) is 0 Å². The van der Waals surface area contributed by atoms with Crippen molar-refractivity contribution in [2.45, 2.75) is 26.4 Å². The quantitative estimate of drug-likeness (QED) is 0.739. The Morgan fingerprint density at radius 1 is 1.22 bits per heavy atom. The van der Waals surface area contributed by atoms with Gasteiger partial charge in [-0.05, 0) is 19.4 Å². The van der Waals surface area contributed by atoms with Crippen molar-refractivity contribution in [2.75, 3.05) is 5.32 Å². The van der Waals surface area contributed by atoms with Crippen LogP contribution in [-0.2, 0) is 18.4 Å². The second kappa shape index (κ2) is 6.71. The highest BCUT2D eigenvalue weighted by atomic mass is 16.1. The van der Waals surface area contributed by atoms with Gasteiger partial charge in [0, 0.05) is 30.5 Å². The van der Waals surface area contributed by atoms with E-state index in [1.807, 2.05) is 51.2 Å². The average Bonchev–Trinajstić information content (AvgIpc) is 3.26. The second-order valence-electron chi connectivity index (χ2n) is 6.57. The van der Waals surface area contributed by atoms with Crippen molar-refractivity contribution in [1.29, 1.82) is 0 Å². The van der Waals surface area contributed by atoms with Gasteiger partial charge in [0.2, 0.25) is 5.95 Å². The minimum absolute atomic E-state index is 0.141. The Labute approximate surface area is 156 Å². The summed E-state index contributed by atoms with van der Waals surface area (Å²) in [6, 6.07) is 9.46. The molecule has 138 valence electrons. The number of allylic oxidation sites excluding steroid dienone is 1. The van der Waals surface area contributed by atoms with Crippen molar-refractivity contribution in [3.05, 3.63) is 70.9 Å². The van der Waals surface area contributed by atoms with Crippen molar-refractivity contribution >= 4 is 11.9 Å². The van der Waals surface area contributed by atoms with Crippen LogP contribution in [0.4, 0.5) is 5.95 Å². The SMILES string of the molecule is CC1=C(C(=O)NCc2ccccc2)[C@@H](c2cnn(C)c2C)n2ncnc2N1. The monoisotopic (exact) mass is 363 g/mol. The fraction of sp³-hybridized carbons (Fsp3) is 0.263. The zero-order valence-corrected chi connectivity index (χ0v) is 15.5. The van der Waals surface area contributed by atoms with E-state index in [2.05, 4.69) is 25.8 Å². The van der Waals surface area contributed by atoms with Crippen LogP contribution in [0.5, 0.6) is 0 Å². The topological polar surface area (TPSA) is 89.7 Å². The van der Waals surface area contributed by atoms with Crippen LogP contribution in [-0.4, -0.2) is 30.5 Å². The van der Waals surface area contributed by atoms with Crippen molar-refractivity contribution in [2.24, 2.45) is 7.05 Å². The van der Waals surface area contributed by atoms with Crippen LogP contribution in [0.1, 0.15) is 29.8 Å². The fourth-order valence-corrected chi connectivity index (χ4v) is 3.33. The summed E-state index contributed by atoms with van der Waals surface area (Å²) < 4.78 is 3.53. The van der Waals surface area contributed by atoms with Crippen LogP contribution >= 0.6 is 0 Å². The minimum Gasteiger partial charge on any atom is -0.348 e. The number of hydrogen-bond donors (Lipinski definition) is 2. The summed E-state index contributed by atoms with van der Waals surface area (Å²) in [6.45, 7) is 4.32. The molecule has 0 saturated carbocycles. The van der Waals surface area contributed by atoms with E-state index in [4.69, 9.17) is 0 Å². The number of aryl methyl sites for hydroxylation is 1. The first kappa shape index (κ1) is 17.0. The standard InChI is InChI=1S/C19H21N7O/c1-12-16(18(27)20-9-14-7-5-4-6-8-14)17(15-10-22-25(3)13(15)2)26-19(24-12)21-11-23-26/h4-8,10-11,17H,9H2,1-3H3,(H,20,27)(H,21,23,24)/t17-/m1/s1. The van der Waals surface area contributed by atoms with E-state index in [1.54, 1.807) is 15.6 Å². The summed E-state index contributed by atoms with van der Waals surface area (Å²) >= 11 is 0. The summed E-state index contributed by atoms with van der Waals surface area (Å²) in [4.78, 5) is 17.4. The predicted molar refractivity (Wildman–Crippen MR) is 101 cm³/mol. The van der Waals surface area contributed by atoms with Crippen molar-refractivity contribution in [1.82, 2.24) is 29.9 Å². The van der Waals surface area contributed by atoms with E-state index in [1.165, 1.54) is 6.33 Å². The molecule has 1 aliphatic rings. The van der Waals surface area contributed by atoms with Gasteiger partial charge in [0.15, 0.2) is 0 Å². The van der Waals surface area contributed by atoms with Crippen LogP contribution in [0, 0.1) is 6.92 Å². The molecule has 0 fully saturated rings. The lowest BCUT2D eigenvalue weighted by atomic mass is 9.95. The van der Waals surface area contributed by atoms with Crippen LogP contribution in [0.2, 0.25) is 0 Å². The Morgan fingerprint density at radius 2 is 2.00 bits per heavy atom. The molecule has 1 atom stereocenters. The number of nitrogens with zero attached hydrogens (tertiary/aromatic N) is 5. The molecule has 2 N–H and O–H groups in total. The molecule has 0 radical (unpaired) electrons. The molecule has 0 bridgehead atoms. The molecule has 8 heteroatoms. The summed E-state index contributed by atoms with van der Waals surface area (Å²) in [5.74, 6) is 0.471. The van der Waals surface area contributed by atoms with Gasteiger partial charge in [0.1, 0.15) is 12.4 Å². The zero-order valence-electron chi connectivity index (χ0n) is 15.5. The van der Waals surface area contributed by atoms with Gasteiger partial charge in [0.05, 0.1) is 11.8 Å². The van der Waals surface area contributed by atoms with E-state index >= 15 is 0 Å². The molecule has 3 aromatic rings. The molecule has 4 rings (SSSR count). The molecule has 8 nitrogen and oxygen atoms in total. The molecule has 1 amide bonds. The number of fused-ring (bicyclic) bond motifs is 1. The number of amides is 1. The Kier molecular flexibility index (Phi) is 4.23. The third-order valence-electron chi connectivity index (χ3n) is 4.90. The Morgan fingerprint density at radius 3 is 2.70 bits per heavy atom. The van der Waals surface area contributed by atoms with Crippen LogP contribution in [0.25, 0.3) is 0 Å². The Bertz CT molecular complexity index is 1020. The first-order valence-corrected chi connectivity index (χ1v) is 8.74.